The SMILES string of the molecule is COc1cccc2[nH]c(Cc3ccc(CC(C)C(=O)NO)cc3)nc12. The van der Waals surface area contributed by atoms with Gasteiger partial charge >= 0.3 is 0 Å². The fraction of sp³-hybridized carbons (Fsp3) is 0.263. The zero-order chi connectivity index (χ0) is 17.8. The van der Waals surface area contributed by atoms with Gasteiger partial charge in [-0.3, -0.25) is 10.0 Å². The molecule has 3 N–H and O–H groups in total. The Morgan fingerprint density at radius 3 is 2.64 bits per heavy atom. The number of nitrogens with zero attached hydrogens (tertiary/aromatic N) is 1. The molecule has 0 aliphatic rings. The largest absolute Gasteiger partial charge is 0.494 e. The number of benzene rings is 2. The van der Waals surface area contributed by atoms with E-state index in [1.54, 1.807) is 19.5 Å². The number of hydroxylamine groups is 1. The smallest absolute Gasteiger partial charge is 0.246 e. The number of nitrogens with one attached hydrogen (secondary N) is 2. The summed E-state index contributed by atoms with van der Waals surface area (Å²) in [7, 11) is 1.64. The maximum atomic E-state index is 11.4. The Labute approximate surface area is 145 Å². The highest BCUT2D eigenvalue weighted by molar-refractivity contribution is 5.81. The molecule has 1 heterocycles. The van der Waals surface area contributed by atoms with Gasteiger partial charge in [0.25, 0.3) is 0 Å². The number of aromatic amines is 1. The van der Waals surface area contributed by atoms with E-state index in [0.29, 0.717) is 12.8 Å². The van der Waals surface area contributed by atoms with E-state index in [1.165, 1.54) is 0 Å². The molecule has 25 heavy (non-hydrogen) atoms. The second-order valence-corrected chi connectivity index (χ2v) is 6.11. The molecule has 6 heteroatoms. The molecule has 3 rings (SSSR count). The number of H-pyrrole nitrogens is 1. The normalized spacial score (nSPS) is 12.1. The van der Waals surface area contributed by atoms with Crippen molar-refractivity contribution >= 4 is 16.9 Å². The minimum absolute atomic E-state index is 0.279. The molecule has 2 aromatic carbocycles. The number of carbonyl (C=O) groups excluding carboxylic acids is 1. The number of methoxy groups -OCH3 is 1. The Morgan fingerprint density at radius 2 is 1.96 bits per heavy atom. The molecule has 1 unspecified atom stereocenters. The summed E-state index contributed by atoms with van der Waals surface area (Å²) in [6, 6.07) is 13.9. The number of rotatable bonds is 6. The van der Waals surface area contributed by atoms with Crippen molar-refractivity contribution in [1.82, 2.24) is 15.4 Å². The lowest BCUT2D eigenvalue weighted by Crippen LogP contribution is -2.27. The first-order valence-electron chi connectivity index (χ1n) is 8.14. The molecule has 3 aromatic rings. The number of hydrogen-bond donors (Lipinski definition) is 3. The summed E-state index contributed by atoms with van der Waals surface area (Å²) in [6.45, 7) is 1.78. The molecule has 1 atom stereocenters. The maximum absolute atomic E-state index is 11.4. The van der Waals surface area contributed by atoms with E-state index in [9.17, 15) is 4.79 Å². The summed E-state index contributed by atoms with van der Waals surface area (Å²) in [5.74, 6) is 0.978. The van der Waals surface area contributed by atoms with Crippen LogP contribution in [0.1, 0.15) is 23.9 Å². The predicted octanol–water partition coefficient (Wildman–Crippen LogP) is 2.85. The molecule has 1 amide bonds. The number of fused-ring (bicyclic) bond motifs is 1. The van der Waals surface area contributed by atoms with E-state index in [0.717, 1.165) is 33.7 Å². The number of ether oxygens (including phenoxy) is 1. The highest BCUT2D eigenvalue weighted by Crippen LogP contribution is 2.24. The first-order chi connectivity index (χ1) is 12.1. The van der Waals surface area contributed by atoms with Crippen molar-refractivity contribution < 1.29 is 14.7 Å². The lowest BCUT2D eigenvalue weighted by Gasteiger charge is -2.09. The molecule has 0 bridgehead atoms. The van der Waals surface area contributed by atoms with Crippen LogP contribution in [-0.2, 0) is 17.6 Å². The van der Waals surface area contributed by atoms with Crippen molar-refractivity contribution in [2.75, 3.05) is 7.11 Å². The summed E-state index contributed by atoms with van der Waals surface area (Å²) < 4.78 is 5.34. The lowest BCUT2D eigenvalue weighted by atomic mass is 9.99. The van der Waals surface area contributed by atoms with Gasteiger partial charge in [-0.1, -0.05) is 37.3 Å². The maximum Gasteiger partial charge on any atom is 0.246 e. The number of hydrogen-bond acceptors (Lipinski definition) is 4. The van der Waals surface area contributed by atoms with E-state index >= 15 is 0 Å². The van der Waals surface area contributed by atoms with Crippen LogP contribution < -0.4 is 10.2 Å². The van der Waals surface area contributed by atoms with Crippen LogP contribution in [0.2, 0.25) is 0 Å². The molecule has 0 saturated carbocycles. The topological polar surface area (TPSA) is 87.2 Å². The molecule has 0 aliphatic carbocycles. The average molecular weight is 339 g/mol. The molecule has 6 nitrogen and oxygen atoms in total. The lowest BCUT2D eigenvalue weighted by molar-refractivity contribution is -0.132. The molecular weight excluding hydrogens is 318 g/mol. The second kappa shape index (κ2) is 7.36. The quantitative estimate of drug-likeness (QED) is 0.476. The minimum Gasteiger partial charge on any atom is -0.494 e. The third kappa shape index (κ3) is 3.80. The third-order valence-corrected chi connectivity index (χ3v) is 4.24. The Bertz CT molecular complexity index is 871. The number of amides is 1. The van der Waals surface area contributed by atoms with Crippen molar-refractivity contribution in [1.29, 1.82) is 0 Å². The first-order valence-corrected chi connectivity index (χ1v) is 8.14. The van der Waals surface area contributed by atoms with Gasteiger partial charge < -0.3 is 9.72 Å². The van der Waals surface area contributed by atoms with Gasteiger partial charge in [0.05, 0.1) is 12.6 Å². The van der Waals surface area contributed by atoms with Crippen LogP contribution in [0.5, 0.6) is 5.75 Å². The van der Waals surface area contributed by atoms with Crippen LogP contribution in [0.3, 0.4) is 0 Å². The average Bonchev–Trinajstić information content (AvgIpc) is 3.04. The van der Waals surface area contributed by atoms with Crippen LogP contribution in [0.25, 0.3) is 11.0 Å². The summed E-state index contributed by atoms with van der Waals surface area (Å²) in [6.07, 6.45) is 1.26. The van der Waals surface area contributed by atoms with Gasteiger partial charge in [-0.05, 0) is 29.7 Å². The highest BCUT2D eigenvalue weighted by atomic mass is 16.5. The van der Waals surface area contributed by atoms with Gasteiger partial charge in [-0.2, -0.15) is 0 Å². The van der Waals surface area contributed by atoms with E-state index in [-0.39, 0.29) is 11.8 Å². The summed E-state index contributed by atoms with van der Waals surface area (Å²) in [5, 5.41) is 8.67. The number of para-hydroxylation sites is 1. The molecule has 1 aromatic heterocycles. The minimum atomic E-state index is -0.375. The first kappa shape index (κ1) is 17.0. The molecule has 0 aliphatic heterocycles. The van der Waals surface area contributed by atoms with Crippen molar-refractivity contribution in [3.05, 3.63) is 59.4 Å². The van der Waals surface area contributed by atoms with Gasteiger partial charge in [0, 0.05) is 12.3 Å². The van der Waals surface area contributed by atoms with Gasteiger partial charge in [-0.15, -0.1) is 0 Å². The van der Waals surface area contributed by atoms with Gasteiger partial charge in [-0.25, -0.2) is 10.5 Å². The van der Waals surface area contributed by atoms with Gasteiger partial charge in [0.15, 0.2) is 0 Å². The van der Waals surface area contributed by atoms with Gasteiger partial charge in [0.2, 0.25) is 5.91 Å². The molecule has 0 spiro atoms. The van der Waals surface area contributed by atoms with Crippen LogP contribution in [-0.4, -0.2) is 28.2 Å². The van der Waals surface area contributed by atoms with E-state index in [4.69, 9.17) is 9.94 Å². The van der Waals surface area contributed by atoms with Crippen LogP contribution in [0, 0.1) is 5.92 Å². The van der Waals surface area contributed by atoms with E-state index in [1.807, 2.05) is 42.5 Å². The second-order valence-electron chi connectivity index (χ2n) is 6.11. The predicted molar refractivity (Wildman–Crippen MR) is 94.7 cm³/mol. The van der Waals surface area contributed by atoms with Gasteiger partial charge in [0.1, 0.15) is 17.1 Å². The molecule has 0 radical (unpaired) electrons. The number of carbonyl (C=O) groups is 1. The van der Waals surface area contributed by atoms with E-state index in [2.05, 4.69) is 9.97 Å². The highest BCUT2D eigenvalue weighted by Gasteiger charge is 2.13. The molecular formula is C19H21N3O3. The third-order valence-electron chi connectivity index (χ3n) is 4.24. The van der Waals surface area contributed by atoms with Crippen molar-refractivity contribution in [3.8, 4) is 5.75 Å². The molecule has 0 saturated heterocycles. The molecule has 130 valence electrons. The number of aromatic nitrogens is 2. The van der Waals surface area contributed by atoms with Crippen molar-refractivity contribution in [2.24, 2.45) is 5.92 Å². The summed E-state index contributed by atoms with van der Waals surface area (Å²) in [5.41, 5.74) is 5.65. The Morgan fingerprint density at radius 1 is 1.24 bits per heavy atom. The van der Waals surface area contributed by atoms with Crippen molar-refractivity contribution in [2.45, 2.75) is 19.8 Å². The van der Waals surface area contributed by atoms with Crippen LogP contribution in [0.15, 0.2) is 42.5 Å². The fourth-order valence-electron chi connectivity index (χ4n) is 2.85. The Kier molecular flexibility index (Phi) is 5.00. The standard InChI is InChI=1S/C19H21N3O3/c1-12(19(23)22-24)10-13-6-8-14(9-7-13)11-17-20-15-4-3-5-16(25-2)18(15)21-17/h3-9,12,24H,10-11H2,1-2H3,(H,20,21)(H,22,23). The summed E-state index contributed by atoms with van der Waals surface area (Å²) >= 11 is 0. The fourth-order valence-corrected chi connectivity index (χ4v) is 2.85. The Hall–Kier alpha value is -2.86. The van der Waals surface area contributed by atoms with Crippen LogP contribution >= 0.6 is 0 Å². The monoisotopic (exact) mass is 339 g/mol. The van der Waals surface area contributed by atoms with Crippen molar-refractivity contribution in [3.63, 3.8) is 0 Å². The Balaban J connectivity index is 1.72. The molecule has 0 fully saturated rings. The zero-order valence-electron chi connectivity index (χ0n) is 14.2. The number of imidazole rings is 1. The summed E-state index contributed by atoms with van der Waals surface area (Å²) in [4.78, 5) is 19.3. The zero-order valence-corrected chi connectivity index (χ0v) is 14.2. The van der Waals surface area contributed by atoms with Crippen LogP contribution in [0.4, 0.5) is 0 Å². The van der Waals surface area contributed by atoms with E-state index < -0.39 is 0 Å².